The summed E-state index contributed by atoms with van der Waals surface area (Å²) in [5.74, 6) is 6.63. The van der Waals surface area contributed by atoms with Gasteiger partial charge in [-0.1, -0.05) is 35.9 Å². The molecule has 0 amide bonds. The first-order valence-corrected chi connectivity index (χ1v) is 7.29. The molecule has 3 N–H and O–H groups in total. The Morgan fingerprint density at radius 3 is 2.57 bits per heavy atom. The molecule has 2 aromatic rings. The largest absolute Gasteiger partial charge is 0.496 e. The number of methoxy groups -OCH3 is 1. The Labute approximate surface area is 131 Å². The summed E-state index contributed by atoms with van der Waals surface area (Å²) in [6.07, 6.45) is 0.705. The van der Waals surface area contributed by atoms with Crippen molar-refractivity contribution in [3.63, 3.8) is 0 Å². The Balaban J connectivity index is 2.40. The molecule has 0 bridgehead atoms. The minimum absolute atomic E-state index is 0.0551. The number of aryl methyl sites for hydroxylation is 2. The van der Waals surface area contributed by atoms with E-state index >= 15 is 0 Å². The maximum absolute atomic E-state index is 6.25. The maximum Gasteiger partial charge on any atom is 0.124 e. The van der Waals surface area contributed by atoms with Gasteiger partial charge in [0.2, 0.25) is 0 Å². The van der Waals surface area contributed by atoms with Gasteiger partial charge in [-0.2, -0.15) is 0 Å². The molecule has 0 saturated heterocycles. The fourth-order valence-corrected chi connectivity index (χ4v) is 2.90. The van der Waals surface area contributed by atoms with Crippen LogP contribution in [0.3, 0.4) is 0 Å². The van der Waals surface area contributed by atoms with Gasteiger partial charge in [0.15, 0.2) is 0 Å². The van der Waals surface area contributed by atoms with E-state index in [2.05, 4.69) is 25.3 Å². The van der Waals surface area contributed by atoms with E-state index in [0.29, 0.717) is 6.42 Å². The Bertz CT molecular complexity index is 628. The molecule has 3 nitrogen and oxygen atoms in total. The van der Waals surface area contributed by atoms with Crippen LogP contribution in [0.25, 0.3) is 0 Å². The van der Waals surface area contributed by atoms with Gasteiger partial charge in [0.05, 0.1) is 13.2 Å². The van der Waals surface area contributed by atoms with Crippen molar-refractivity contribution in [2.24, 2.45) is 5.84 Å². The van der Waals surface area contributed by atoms with Gasteiger partial charge in [-0.3, -0.25) is 11.3 Å². The molecule has 2 aromatic carbocycles. The van der Waals surface area contributed by atoms with E-state index in [0.717, 1.165) is 27.5 Å². The van der Waals surface area contributed by atoms with Crippen LogP contribution in [-0.2, 0) is 6.42 Å². The molecule has 0 aliphatic carbocycles. The lowest BCUT2D eigenvalue weighted by Crippen LogP contribution is -2.30. The Morgan fingerprint density at radius 1 is 1.24 bits per heavy atom. The lowest BCUT2D eigenvalue weighted by Gasteiger charge is -2.22. The van der Waals surface area contributed by atoms with Crippen molar-refractivity contribution in [3.8, 4) is 5.75 Å². The van der Waals surface area contributed by atoms with E-state index in [1.165, 1.54) is 5.56 Å². The Kier molecular flexibility index (Phi) is 5.23. The first-order valence-electron chi connectivity index (χ1n) is 6.91. The zero-order valence-electron chi connectivity index (χ0n) is 12.6. The van der Waals surface area contributed by atoms with E-state index < -0.39 is 0 Å². The molecule has 0 aromatic heterocycles. The first kappa shape index (κ1) is 15.8. The summed E-state index contributed by atoms with van der Waals surface area (Å²) in [7, 11) is 1.68. The van der Waals surface area contributed by atoms with Crippen LogP contribution in [0.4, 0.5) is 0 Å². The van der Waals surface area contributed by atoms with Gasteiger partial charge in [-0.05, 0) is 49.1 Å². The summed E-state index contributed by atoms with van der Waals surface area (Å²) < 4.78 is 5.53. The molecule has 112 valence electrons. The summed E-state index contributed by atoms with van der Waals surface area (Å²) in [5, 5.41) is 0.751. The molecular weight excluding hydrogens is 284 g/mol. The standard InChI is InChI=1S/C17H21ClN2O/c1-11-8-12(2)17(16(9-11)21-3)15(20-19)10-13-6-4-5-7-14(13)18/h4-9,15,20H,10,19H2,1-3H3. The minimum Gasteiger partial charge on any atom is -0.496 e. The fourth-order valence-electron chi connectivity index (χ4n) is 2.68. The number of benzene rings is 2. The molecule has 1 unspecified atom stereocenters. The highest BCUT2D eigenvalue weighted by atomic mass is 35.5. The normalized spacial score (nSPS) is 12.2. The third kappa shape index (κ3) is 3.56. The third-order valence-electron chi connectivity index (χ3n) is 3.64. The van der Waals surface area contributed by atoms with Gasteiger partial charge in [0.1, 0.15) is 5.75 Å². The van der Waals surface area contributed by atoms with Crippen molar-refractivity contribution >= 4 is 11.6 Å². The smallest absolute Gasteiger partial charge is 0.124 e. The van der Waals surface area contributed by atoms with Crippen molar-refractivity contribution in [1.82, 2.24) is 5.43 Å². The number of hydrogen-bond acceptors (Lipinski definition) is 3. The number of rotatable bonds is 5. The van der Waals surface area contributed by atoms with Gasteiger partial charge in [-0.25, -0.2) is 0 Å². The molecular formula is C17H21ClN2O. The van der Waals surface area contributed by atoms with Gasteiger partial charge in [-0.15, -0.1) is 0 Å². The van der Waals surface area contributed by atoms with Crippen molar-refractivity contribution in [2.75, 3.05) is 7.11 Å². The molecule has 0 heterocycles. The van der Waals surface area contributed by atoms with E-state index in [9.17, 15) is 0 Å². The van der Waals surface area contributed by atoms with Crippen LogP contribution >= 0.6 is 11.6 Å². The molecule has 1 atom stereocenters. The average molecular weight is 305 g/mol. The molecule has 0 saturated carbocycles. The summed E-state index contributed by atoms with van der Waals surface area (Å²) in [4.78, 5) is 0. The van der Waals surface area contributed by atoms with Gasteiger partial charge < -0.3 is 4.74 Å². The van der Waals surface area contributed by atoms with Crippen LogP contribution in [0.2, 0.25) is 5.02 Å². The van der Waals surface area contributed by atoms with E-state index in [1.807, 2.05) is 30.3 Å². The fraction of sp³-hybridized carbons (Fsp3) is 0.294. The second-order valence-corrected chi connectivity index (χ2v) is 5.62. The highest BCUT2D eigenvalue weighted by Crippen LogP contribution is 2.32. The average Bonchev–Trinajstić information content (AvgIpc) is 2.46. The van der Waals surface area contributed by atoms with Crippen LogP contribution in [0.5, 0.6) is 5.75 Å². The van der Waals surface area contributed by atoms with Crippen LogP contribution in [0, 0.1) is 13.8 Å². The lowest BCUT2D eigenvalue weighted by molar-refractivity contribution is 0.398. The maximum atomic E-state index is 6.25. The molecule has 21 heavy (non-hydrogen) atoms. The van der Waals surface area contributed by atoms with Crippen LogP contribution in [0.1, 0.15) is 28.3 Å². The number of nitrogens with one attached hydrogen (secondary N) is 1. The summed E-state index contributed by atoms with van der Waals surface area (Å²) in [6.45, 7) is 4.13. The zero-order valence-corrected chi connectivity index (χ0v) is 13.4. The van der Waals surface area contributed by atoms with Gasteiger partial charge in [0, 0.05) is 10.6 Å². The van der Waals surface area contributed by atoms with Gasteiger partial charge in [0.25, 0.3) is 0 Å². The number of ether oxygens (including phenoxy) is 1. The van der Waals surface area contributed by atoms with E-state index in [4.69, 9.17) is 22.2 Å². The van der Waals surface area contributed by atoms with Crippen molar-refractivity contribution < 1.29 is 4.74 Å². The third-order valence-corrected chi connectivity index (χ3v) is 4.01. The molecule has 4 heteroatoms. The Morgan fingerprint density at radius 2 is 1.95 bits per heavy atom. The van der Waals surface area contributed by atoms with Crippen molar-refractivity contribution in [2.45, 2.75) is 26.3 Å². The van der Waals surface area contributed by atoms with Crippen LogP contribution < -0.4 is 16.0 Å². The number of hydrogen-bond donors (Lipinski definition) is 2. The summed E-state index contributed by atoms with van der Waals surface area (Å²) in [5.41, 5.74) is 7.35. The Hall–Kier alpha value is -1.55. The number of hydrazine groups is 1. The molecule has 0 aliphatic rings. The zero-order chi connectivity index (χ0) is 15.4. The SMILES string of the molecule is COc1cc(C)cc(C)c1C(Cc1ccccc1Cl)NN. The summed E-state index contributed by atoms with van der Waals surface area (Å²) >= 11 is 6.25. The second-order valence-electron chi connectivity index (χ2n) is 5.21. The van der Waals surface area contributed by atoms with Crippen molar-refractivity contribution in [3.05, 3.63) is 63.7 Å². The second kappa shape index (κ2) is 6.94. The lowest BCUT2D eigenvalue weighted by atomic mass is 9.93. The predicted octanol–water partition coefficient (Wildman–Crippen LogP) is 3.71. The topological polar surface area (TPSA) is 47.3 Å². The molecule has 0 aliphatic heterocycles. The monoisotopic (exact) mass is 304 g/mol. The van der Waals surface area contributed by atoms with Gasteiger partial charge >= 0.3 is 0 Å². The molecule has 2 rings (SSSR count). The highest BCUT2D eigenvalue weighted by Gasteiger charge is 2.19. The molecule has 0 fully saturated rings. The van der Waals surface area contributed by atoms with E-state index in [-0.39, 0.29) is 6.04 Å². The summed E-state index contributed by atoms with van der Waals surface area (Å²) in [6, 6.07) is 11.9. The molecule has 0 spiro atoms. The highest BCUT2D eigenvalue weighted by molar-refractivity contribution is 6.31. The number of halogens is 1. The van der Waals surface area contributed by atoms with E-state index in [1.54, 1.807) is 7.11 Å². The quantitative estimate of drug-likeness (QED) is 0.654. The van der Waals surface area contributed by atoms with Crippen molar-refractivity contribution in [1.29, 1.82) is 0 Å². The molecule has 0 radical (unpaired) electrons. The van der Waals surface area contributed by atoms with Crippen LogP contribution in [0.15, 0.2) is 36.4 Å². The van der Waals surface area contributed by atoms with Crippen LogP contribution in [-0.4, -0.2) is 7.11 Å². The minimum atomic E-state index is -0.0551. The number of nitrogens with two attached hydrogens (primary N) is 1. The predicted molar refractivity (Wildman–Crippen MR) is 87.7 cm³/mol. The first-order chi connectivity index (χ1) is 10.1.